The van der Waals surface area contributed by atoms with Gasteiger partial charge in [0.1, 0.15) is 0 Å². The van der Waals surface area contributed by atoms with Gasteiger partial charge in [0.15, 0.2) is 0 Å². The Morgan fingerprint density at radius 1 is 1.40 bits per heavy atom. The highest BCUT2D eigenvalue weighted by atomic mass is 35.5. The Bertz CT molecular complexity index is 123. The second-order valence-electron chi connectivity index (χ2n) is 2.21. The molecule has 10 heavy (non-hydrogen) atoms. The number of carbonyl (C=O) groups is 1. The van der Waals surface area contributed by atoms with Gasteiger partial charge >= 0.3 is 5.37 Å². The van der Waals surface area contributed by atoms with Crippen LogP contribution in [0.15, 0.2) is 0 Å². The van der Waals surface area contributed by atoms with Crippen molar-refractivity contribution in [2.24, 2.45) is 0 Å². The predicted octanol–water partition coefficient (Wildman–Crippen LogP) is 1.78. The van der Waals surface area contributed by atoms with Gasteiger partial charge in [0.05, 0.1) is 0 Å². The first-order chi connectivity index (χ1) is 4.80. The minimum absolute atomic E-state index is 0.303. The summed E-state index contributed by atoms with van der Waals surface area (Å²) in [4.78, 5) is 12.3. The molecule has 0 bridgehead atoms. The van der Waals surface area contributed by atoms with Crippen LogP contribution < -0.4 is 0 Å². The smallest absolute Gasteiger partial charge is 0.316 e. The first-order valence-corrected chi connectivity index (χ1v) is 4.86. The van der Waals surface area contributed by atoms with Gasteiger partial charge in [-0.1, -0.05) is 0 Å². The van der Waals surface area contributed by atoms with Crippen molar-refractivity contribution in [2.45, 2.75) is 6.42 Å². The molecule has 1 aliphatic heterocycles. The highest BCUT2D eigenvalue weighted by Gasteiger charge is 2.12. The zero-order valence-corrected chi connectivity index (χ0v) is 7.25. The molecule has 0 atom stereocenters. The van der Waals surface area contributed by atoms with Gasteiger partial charge in [-0.3, -0.25) is 4.79 Å². The van der Waals surface area contributed by atoms with Crippen LogP contribution in [0.5, 0.6) is 0 Å². The molecular weight excluding hydrogens is 170 g/mol. The predicted molar refractivity (Wildman–Crippen MR) is 44.8 cm³/mol. The Hall–Kier alpha value is 0.110. The summed E-state index contributed by atoms with van der Waals surface area (Å²) in [7, 11) is 0. The van der Waals surface area contributed by atoms with Crippen molar-refractivity contribution >= 4 is 28.7 Å². The maximum Gasteiger partial charge on any atom is 0.316 e. The molecule has 0 N–H and O–H groups in total. The lowest BCUT2D eigenvalue weighted by molar-refractivity contribution is 0.226. The molecule has 0 saturated carbocycles. The Morgan fingerprint density at radius 3 is 2.90 bits per heavy atom. The van der Waals surface area contributed by atoms with Crippen molar-refractivity contribution in [3.8, 4) is 0 Å². The van der Waals surface area contributed by atoms with Gasteiger partial charge in [0, 0.05) is 18.8 Å². The van der Waals surface area contributed by atoms with Crippen LogP contribution >= 0.6 is 23.4 Å². The first kappa shape index (κ1) is 8.21. The second kappa shape index (κ2) is 4.09. The normalized spacial score (nSPS) is 20.3. The number of amides is 1. The molecule has 0 unspecified atom stereocenters. The van der Waals surface area contributed by atoms with E-state index in [1.807, 2.05) is 11.8 Å². The summed E-state index contributed by atoms with van der Waals surface area (Å²) >= 11 is 7.19. The number of thioether (sulfide) groups is 1. The third kappa shape index (κ3) is 2.39. The molecule has 1 heterocycles. The van der Waals surface area contributed by atoms with Crippen LogP contribution in [0.1, 0.15) is 6.42 Å². The lowest BCUT2D eigenvalue weighted by atomic mass is 10.4. The average Bonchev–Trinajstić information content (AvgIpc) is 2.12. The van der Waals surface area contributed by atoms with Crippen molar-refractivity contribution < 1.29 is 4.79 Å². The maximum atomic E-state index is 10.6. The Morgan fingerprint density at radius 2 is 2.20 bits per heavy atom. The SMILES string of the molecule is O=C(Cl)N1CCCSCC1. The Kier molecular flexibility index (Phi) is 3.35. The van der Waals surface area contributed by atoms with E-state index in [-0.39, 0.29) is 5.37 Å². The molecule has 2 nitrogen and oxygen atoms in total. The molecule has 0 aliphatic carbocycles. The molecule has 0 aromatic rings. The quantitative estimate of drug-likeness (QED) is 0.418. The van der Waals surface area contributed by atoms with Crippen LogP contribution in [0, 0.1) is 0 Å². The summed E-state index contributed by atoms with van der Waals surface area (Å²) in [6.07, 6.45) is 1.07. The molecular formula is C6H10ClNOS. The number of rotatable bonds is 0. The summed E-state index contributed by atoms with van der Waals surface area (Å²) in [5, 5.41) is -0.303. The van der Waals surface area contributed by atoms with E-state index < -0.39 is 0 Å². The van der Waals surface area contributed by atoms with Gasteiger partial charge in [-0.2, -0.15) is 11.8 Å². The molecule has 58 valence electrons. The monoisotopic (exact) mass is 179 g/mol. The number of carbonyl (C=O) groups excluding carboxylic acids is 1. The summed E-state index contributed by atoms with van der Waals surface area (Å²) in [6, 6.07) is 0. The highest BCUT2D eigenvalue weighted by Crippen LogP contribution is 2.10. The van der Waals surface area contributed by atoms with Gasteiger partial charge in [-0.05, 0) is 23.8 Å². The zero-order valence-electron chi connectivity index (χ0n) is 5.68. The van der Waals surface area contributed by atoms with Crippen LogP contribution in [-0.4, -0.2) is 34.9 Å². The van der Waals surface area contributed by atoms with Crippen molar-refractivity contribution in [1.82, 2.24) is 4.90 Å². The van der Waals surface area contributed by atoms with Crippen molar-refractivity contribution in [2.75, 3.05) is 24.6 Å². The van der Waals surface area contributed by atoms with Crippen LogP contribution in [0.3, 0.4) is 0 Å². The molecule has 0 aromatic heterocycles. The summed E-state index contributed by atoms with van der Waals surface area (Å²) in [5.74, 6) is 2.18. The van der Waals surface area contributed by atoms with E-state index in [2.05, 4.69) is 0 Å². The van der Waals surface area contributed by atoms with Crippen molar-refractivity contribution in [1.29, 1.82) is 0 Å². The van der Waals surface area contributed by atoms with Crippen LogP contribution in [-0.2, 0) is 0 Å². The maximum absolute atomic E-state index is 10.6. The van der Waals surface area contributed by atoms with Crippen molar-refractivity contribution in [3.05, 3.63) is 0 Å². The molecule has 0 radical (unpaired) electrons. The third-order valence-electron chi connectivity index (χ3n) is 1.47. The van der Waals surface area contributed by atoms with Gasteiger partial charge in [0.25, 0.3) is 0 Å². The van der Waals surface area contributed by atoms with Gasteiger partial charge in [0.2, 0.25) is 0 Å². The van der Waals surface area contributed by atoms with Gasteiger partial charge < -0.3 is 4.90 Å². The van der Waals surface area contributed by atoms with E-state index in [9.17, 15) is 4.79 Å². The van der Waals surface area contributed by atoms with Crippen LogP contribution in [0.25, 0.3) is 0 Å². The number of nitrogens with zero attached hydrogens (tertiary/aromatic N) is 1. The standard InChI is InChI=1S/C6H10ClNOS/c7-6(9)8-2-1-4-10-5-3-8/h1-5H2. The van der Waals surface area contributed by atoms with Crippen molar-refractivity contribution in [3.63, 3.8) is 0 Å². The highest BCUT2D eigenvalue weighted by molar-refractivity contribution is 7.99. The fourth-order valence-corrected chi connectivity index (χ4v) is 1.98. The topological polar surface area (TPSA) is 20.3 Å². The number of hydrogen-bond acceptors (Lipinski definition) is 2. The molecule has 0 spiro atoms. The lowest BCUT2D eigenvalue weighted by Gasteiger charge is -2.14. The Balaban J connectivity index is 2.35. The van der Waals surface area contributed by atoms with E-state index in [1.165, 1.54) is 0 Å². The summed E-state index contributed by atoms with van der Waals surface area (Å²) in [6.45, 7) is 1.64. The van der Waals surface area contributed by atoms with E-state index in [0.717, 1.165) is 31.0 Å². The van der Waals surface area contributed by atoms with Gasteiger partial charge in [-0.15, -0.1) is 0 Å². The fourth-order valence-electron chi connectivity index (χ4n) is 0.922. The molecule has 1 aliphatic rings. The summed E-state index contributed by atoms with van der Waals surface area (Å²) in [5.41, 5.74) is 0. The molecule has 1 rings (SSSR count). The van der Waals surface area contributed by atoms with Crippen LogP contribution in [0.2, 0.25) is 0 Å². The number of hydrogen-bond donors (Lipinski definition) is 0. The molecule has 4 heteroatoms. The van der Waals surface area contributed by atoms with Gasteiger partial charge in [-0.25, -0.2) is 0 Å². The first-order valence-electron chi connectivity index (χ1n) is 3.33. The molecule has 1 saturated heterocycles. The van der Waals surface area contributed by atoms with E-state index in [0.29, 0.717) is 0 Å². The minimum Gasteiger partial charge on any atom is -0.328 e. The molecule has 0 aromatic carbocycles. The molecule has 1 amide bonds. The average molecular weight is 180 g/mol. The fraction of sp³-hybridized carbons (Fsp3) is 0.833. The van der Waals surface area contributed by atoms with E-state index in [4.69, 9.17) is 11.6 Å². The van der Waals surface area contributed by atoms with E-state index in [1.54, 1.807) is 4.90 Å². The second-order valence-corrected chi connectivity index (χ2v) is 3.75. The van der Waals surface area contributed by atoms with Crippen LogP contribution in [0.4, 0.5) is 4.79 Å². The summed E-state index contributed by atoms with van der Waals surface area (Å²) < 4.78 is 0. The zero-order chi connectivity index (χ0) is 7.40. The number of halogens is 1. The molecule has 1 fully saturated rings. The third-order valence-corrected chi connectivity index (χ3v) is 2.76. The lowest BCUT2D eigenvalue weighted by Crippen LogP contribution is -2.28. The van der Waals surface area contributed by atoms with E-state index >= 15 is 0 Å². The largest absolute Gasteiger partial charge is 0.328 e. The minimum atomic E-state index is -0.303. The Labute approximate surface area is 69.9 Å².